The van der Waals surface area contributed by atoms with Gasteiger partial charge in [0.2, 0.25) is 11.8 Å². The Morgan fingerprint density at radius 3 is 2.25 bits per heavy atom. The first-order chi connectivity index (χ1) is 15.6. The number of methoxy groups -OCH3 is 1. The van der Waals surface area contributed by atoms with E-state index in [0.29, 0.717) is 28.8 Å². The number of benzene rings is 2. The lowest BCUT2D eigenvalue weighted by Crippen LogP contribution is -2.45. The van der Waals surface area contributed by atoms with Crippen LogP contribution >= 0.6 is 0 Å². The van der Waals surface area contributed by atoms with Gasteiger partial charge in [0.25, 0.3) is 5.91 Å². The second-order valence-corrected chi connectivity index (χ2v) is 9.20. The highest BCUT2D eigenvalue weighted by atomic mass is 16.5. The fraction of sp³-hybridized carbons (Fsp3) is 0.346. The summed E-state index contributed by atoms with van der Waals surface area (Å²) in [6.07, 6.45) is 5.44. The van der Waals surface area contributed by atoms with E-state index in [0.717, 1.165) is 6.42 Å². The van der Waals surface area contributed by atoms with Crippen LogP contribution < -0.4 is 9.64 Å². The minimum absolute atomic E-state index is 0.0969. The van der Waals surface area contributed by atoms with E-state index < -0.39 is 0 Å². The minimum Gasteiger partial charge on any atom is -0.497 e. The van der Waals surface area contributed by atoms with Crippen molar-refractivity contribution in [2.24, 2.45) is 35.5 Å². The average molecular weight is 428 g/mol. The predicted molar refractivity (Wildman–Crippen MR) is 118 cm³/mol. The molecule has 32 heavy (non-hydrogen) atoms. The molecule has 2 bridgehead atoms. The number of ether oxygens (including phenoxy) is 1. The Morgan fingerprint density at radius 1 is 0.969 bits per heavy atom. The van der Waals surface area contributed by atoms with Crippen LogP contribution in [-0.4, -0.2) is 36.4 Å². The summed E-state index contributed by atoms with van der Waals surface area (Å²) in [6, 6.07) is 16.1. The molecule has 1 saturated heterocycles. The molecule has 2 aromatic carbocycles. The van der Waals surface area contributed by atoms with E-state index in [1.807, 2.05) is 6.07 Å². The first-order valence-corrected chi connectivity index (χ1v) is 11.1. The molecule has 6 unspecified atom stereocenters. The first kappa shape index (κ1) is 19.3. The molecule has 6 nitrogen and oxygen atoms in total. The summed E-state index contributed by atoms with van der Waals surface area (Å²) < 4.78 is 5.34. The number of imide groups is 1. The highest BCUT2D eigenvalue weighted by molar-refractivity contribution is 6.09. The van der Waals surface area contributed by atoms with Crippen LogP contribution in [0.15, 0.2) is 66.7 Å². The van der Waals surface area contributed by atoms with Gasteiger partial charge in [-0.15, -0.1) is 0 Å². The number of likely N-dealkylation sites (tertiary alicyclic amines) is 1. The van der Waals surface area contributed by atoms with Gasteiger partial charge in [0, 0.05) is 17.3 Å². The molecule has 3 amide bonds. The van der Waals surface area contributed by atoms with Gasteiger partial charge in [0.05, 0.1) is 18.9 Å². The number of amides is 3. The molecule has 5 aliphatic rings. The highest BCUT2D eigenvalue weighted by Crippen LogP contribution is 2.65. The molecule has 6 atom stereocenters. The van der Waals surface area contributed by atoms with E-state index in [1.54, 1.807) is 55.6 Å². The molecule has 162 valence electrons. The van der Waals surface area contributed by atoms with Gasteiger partial charge in [-0.3, -0.25) is 24.2 Å². The summed E-state index contributed by atoms with van der Waals surface area (Å²) in [5.74, 6) is 0.906. The third-order valence-electron chi connectivity index (χ3n) is 7.67. The minimum atomic E-state index is -0.278. The fourth-order valence-electron chi connectivity index (χ4n) is 6.08. The number of anilines is 1. The molecule has 0 spiro atoms. The summed E-state index contributed by atoms with van der Waals surface area (Å²) >= 11 is 0. The lowest BCUT2D eigenvalue weighted by molar-refractivity contribution is -0.140. The van der Waals surface area contributed by atoms with Crippen LogP contribution in [0, 0.1) is 35.5 Å². The number of carbonyl (C=O) groups excluding carboxylic acids is 3. The van der Waals surface area contributed by atoms with Gasteiger partial charge >= 0.3 is 0 Å². The molecular weight excluding hydrogens is 404 g/mol. The van der Waals surface area contributed by atoms with Gasteiger partial charge in [-0.1, -0.05) is 36.4 Å². The van der Waals surface area contributed by atoms with Gasteiger partial charge < -0.3 is 4.74 Å². The lowest BCUT2D eigenvalue weighted by atomic mass is 9.63. The molecule has 1 heterocycles. The zero-order valence-corrected chi connectivity index (χ0v) is 17.8. The molecule has 0 N–H and O–H groups in total. The second-order valence-electron chi connectivity index (χ2n) is 9.20. The first-order valence-electron chi connectivity index (χ1n) is 11.1. The second kappa shape index (κ2) is 7.05. The van der Waals surface area contributed by atoms with Crippen molar-refractivity contribution >= 4 is 23.4 Å². The molecule has 2 saturated carbocycles. The van der Waals surface area contributed by atoms with Crippen molar-refractivity contribution in [2.75, 3.05) is 18.7 Å². The Morgan fingerprint density at radius 2 is 1.62 bits per heavy atom. The van der Waals surface area contributed by atoms with Crippen LogP contribution in [0.25, 0.3) is 0 Å². The van der Waals surface area contributed by atoms with E-state index in [1.165, 1.54) is 9.80 Å². The Hall–Kier alpha value is -3.41. The average Bonchev–Trinajstić information content (AvgIpc) is 3.62. The molecule has 7 rings (SSSR count). The van der Waals surface area contributed by atoms with Crippen molar-refractivity contribution in [3.05, 3.63) is 72.3 Å². The Balaban J connectivity index is 1.35. The molecular formula is C26H24N2O4. The highest BCUT2D eigenvalue weighted by Gasteiger charge is 2.67. The van der Waals surface area contributed by atoms with Gasteiger partial charge in [-0.05, 0) is 54.4 Å². The summed E-state index contributed by atoms with van der Waals surface area (Å²) in [5, 5.41) is 0. The monoisotopic (exact) mass is 428 g/mol. The molecule has 4 aliphatic carbocycles. The van der Waals surface area contributed by atoms with Crippen molar-refractivity contribution < 1.29 is 19.1 Å². The maximum Gasteiger partial charge on any atom is 0.259 e. The number of carbonyl (C=O) groups is 3. The van der Waals surface area contributed by atoms with E-state index in [4.69, 9.17) is 4.74 Å². The standard InChI is InChI=1S/C26H24N2O4/c1-32-17-9-5-8-16(12-17)27(24(29)15-6-3-2-4-7-15)14-28-25(30)22-18-10-11-19(21-13-20(18)21)23(22)26(28)31/h2-12,18-23H,13-14H2,1H3. The fourth-order valence-corrected chi connectivity index (χ4v) is 6.08. The smallest absolute Gasteiger partial charge is 0.259 e. The summed E-state index contributed by atoms with van der Waals surface area (Å²) in [7, 11) is 1.56. The molecule has 0 radical (unpaired) electrons. The van der Waals surface area contributed by atoms with E-state index in [9.17, 15) is 14.4 Å². The number of hydrogen-bond acceptors (Lipinski definition) is 4. The number of hydrogen-bond donors (Lipinski definition) is 0. The molecule has 2 aromatic rings. The van der Waals surface area contributed by atoms with Crippen LogP contribution in [0.5, 0.6) is 5.75 Å². The maximum absolute atomic E-state index is 13.5. The molecule has 3 fully saturated rings. The van der Waals surface area contributed by atoms with Crippen LogP contribution in [-0.2, 0) is 9.59 Å². The van der Waals surface area contributed by atoms with Gasteiger partial charge in [0.1, 0.15) is 12.4 Å². The maximum atomic E-state index is 13.5. The van der Waals surface area contributed by atoms with Gasteiger partial charge in [0.15, 0.2) is 0 Å². The van der Waals surface area contributed by atoms with Crippen LogP contribution in [0.3, 0.4) is 0 Å². The zero-order valence-electron chi connectivity index (χ0n) is 17.8. The summed E-state index contributed by atoms with van der Waals surface area (Å²) in [4.78, 5) is 43.2. The Labute approximate surface area is 186 Å². The summed E-state index contributed by atoms with van der Waals surface area (Å²) in [6.45, 7) is -0.0969. The van der Waals surface area contributed by atoms with Crippen molar-refractivity contribution in [2.45, 2.75) is 6.42 Å². The quantitative estimate of drug-likeness (QED) is 0.541. The predicted octanol–water partition coefficient (Wildman–Crippen LogP) is 3.35. The molecule has 1 aliphatic heterocycles. The van der Waals surface area contributed by atoms with Crippen molar-refractivity contribution in [3.63, 3.8) is 0 Å². The van der Waals surface area contributed by atoms with Crippen molar-refractivity contribution in [1.82, 2.24) is 4.90 Å². The number of nitrogens with zero attached hydrogens (tertiary/aromatic N) is 2. The molecule has 0 aromatic heterocycles. The third kappa shape index (κ3) is 2.75. The van der Waals surface area contributed by atoms with Crippen LogP contribution in [0.4, 0.5) is 5.69 Å². The van der Waals surface area contributed by atoms with E-state index in [2.05, 4.69) is 12.2 Å². The number of allylic oxidation sites excluding steroid dienone is 2. The topological polar surface area (TPSA) is 66.9 Å². The normalized spacial score (nSPS) is 31.3. The SMILES string of the molecule is COc1cccc(N(CN2C(=O)C3C4C=CC(C5CC45)C3C2=O)C(=O)c2ccccc2)c1. The van der Waals surface area contributed by atoms with Crippen molar-refractivity contribution in [3.8, 4) is 5.75 Å². The van der Waals surface area contributed by atoms with E-state index in [-0.39, 0.29) is 48.1 Å². The third-order valence-corrected chi connectivity index (χ3v) is 7.67. The van der Waals surface area contributed by atoms with Crippen molar-refractivity contribution in [1.29, 1.82) is 0 Å². The molecule has 6 heteroatoms. The van der Waals surface area contributed by atoms with Crippen LogP contribution in [0.2, 0.25) is 0 Å². The lowest BCUT2D eigenvalue weighted by Gasteiger charge is -2.37. The van der Waals surface area contributed by atoms with Gasteiger partial charge in [-0.2, -0.15) is 0 Å². The Kier molecular flexibility index (Phi) is 4.25. The Bertz CT molecular complexity index is 1110. The summed E-state index contributed by atoms with van der Waals surface area (Å²) in [5.41, 5.74) is 1.08. The largest absolute Gasteiger partial charge is 0.497 e. The van der Waals surface area contributed by atoms with Crippen LogP contribution in [0.1, 0.15) is 16.8 Å². The number of rotatable bonds is 5. The van der Waals surface area contributed by atoms with E-state index >= 15 is 0 Å². The zero-order chi connectivity index (χ0) is 22.0. The van der Waals surface area contributed by atoms with Gasteiger partial charge in [-0.25, -0.2) is 0 Å².